The first-order chi connectivity index (χ1) is 8.99. The third-order valence-electron chi connectivity index (χ3n) is 2.52. The van der Waals surface area contributed by atoms with Crippen LogP contribution in [-0.2, 0) is 0 Å². The highest BCUT2D eigenvalue weighted by molar-refractivity contribution is 9.10. The molecule has 0 saturated carbocycles. The Morgan fingerprint density at radius 2 is 2.11 bits per heavy atom. The number of anilines is 1. The summed E-state index contributed by atoms with van der Waals surface area (Å²) in [5.41, 5.74) is 0.652. The highest BCUT2D eigenvalue weighted by atomic mass is 79.9. The molecule has 0 radical (unpaired) electrons. The molecule has 0 saturated heterocycles. The fourth-order valence-corrected chi connectivity index (χ4v) is 1.98. The van der Waals surface area contributed by atoms with E-state index in [4.69, 9.17) is 0 Å². The number of benzene rings is 1. The van der Waals surface area contributed by atoms with Crippen molar-refractivity contribution in [1.29, 1.82) is 0 Å². The second-order valence-corrected chi connectivity index (χ2v) is 4.67. The van der Waals surface area contributed by atoms with Gasteiger partial charge in [0, 0.05) is 0 Å². The number of amides is 1. The summed E-state index contributed by atoms with van der Waals surface area (Å²) in [6.07, 6.45) is 0. The summed E-state index contributed by atoms with van der Waals surface area (Å²) >= 11 is 3.21. The molecular formula is C13H10BrFN2O2. The number of aromatic hydroxyl groups is 1. The Labute approximate surface area is 117 Å². The number of aromatic nitrogens is 1. The zero-order valence-corrected chi connectivity index (χ0v) is 11.5. The summed E-state index contributed by atoms with van der Waals surface area (Å²) in [6.45, 7) is 1.71. The summed E-state index contributed by atoms with van der Waals surface area (Å²) in [7, 11) is 0. The molecule has 2 rings (SSSR count). The predicted molar refractivity (Wildman–Crippen MR) is 72.7 cm³/mol. The first kappa shape index (κ1) is 13.5. The SMILES string of the molecule is Cc1nc(Br)ccc1NC(=O)c1c(O)cccc1F. The number of halogens is 2. The Balaban J connectivity index is 2.31. The molecule has 0 atom stereocenters. The number of phenols is 1. The lowest BCUT2D eigenvalue weighted by molar-refractivity contribution is 0.102. The van der Waals surface area contributed by atoms with Gasteiger partial charge in [-0.05, 0) is 47.1 Å². The van der Waals surface area contributed by atoms with Crippen molar-refractivity contribution in [1.82, 2.24) is 4.98 Å². The smallest absolute Gasteiger partial charge is 0.262 e. The zero-order chi connectivity index (χ0) is 14.0. The normalized spacial score (nSPS) is 10.3. The highest BCUT2D eigenvalue weighted by Gasteiger charge is 2.17. The van der Waals surface area contributed by atoms with Crippen molar-refractivity contribution >= 4 is 27.5 Å². The van der Waals surface area contributed by atoms with Gasteiger partial charge in [0.15, 0.2) is 0 Å². The van der Waals surface area contributed by atoms with Gasteiger partial charge in [0.1, 0.15) is 21.7 Å². The van der Waals surface area contributed by atoms with E-state index >= 15 is 0 Å². The van der Waals surface area contributed by atoms with E-state index in [1.54, 1.807) is 19.1 Å². The van der Waals surface area contributed by atoms with Crippen molar-refractivity contribution in [2.24, 2.45) is 0 Å². The van der Waals surface area contributed by atoms with Crippen LogP contribution in [0.2, 0.25) is 0 Å². The Kier molecular flexibility index (Phi) is 3.80. The number of nitrogens with zero attached hydrogens (tertiary/aromatic N) is 1. The second-order valence-electron chi connectivity index (χ2n) is 3.86. The van der Waals surface area contributed by atoms with E-state index in [1.165, 1.54) is 12.1 Å². The molecule has 0 unspecified atom stereocenters. The minimum atomic E-state index is -0.778. The van der Waals surface area contributed by atoms with E-state index in [-0.39, 0.29) is 5.56 Å². The molecule has 0 spiro atoms. The molecule has 1 aromatic heterocycles. The van der Waals surface area contributed by atoms with Gasteiger partial charge in [0.2, 0.25) is 0 Å². The molecule has 0 aliphatic carbocycles. The number of carbonyl (C=O) groups is 1. The summed E-state index contributed by atoms with van der Waals surface area (Å²) < 4.78 is 14.2. The average Bonchev–Trinajstić information content (AvgIpc) is 2.32. The fourth-order valence-electron chi connectivity index (χ4n) is 1.58. The molecule has 98 valence electrons. The minimum Gasteiger partial charge on any atom is -0.507 e. The van der Waals surface area contributed by atoms with Crippen molar-refractivity contribution in [2.75, 3.05) is 5.32 Å². The van der Waals surface area contributed by atoms with Gasteiger partial charge < -0.3 is 10.4 Å². The molecule has 1 aromatic carbocycles. The van der Waals surface area contributed by atoms with Gasteiger partial charge in [0.05, 0.1) is 11.4 Å². The summed E-state index contributed by atoms with van der Waals surface area (Å²) in [5, 5.41) is 12.0. The Morgan fingerprint density at radius 3 is 2.74 bits per heavy atom. The first-order valence-corrected chi connectivity index (χ1v) is 6.20. The standard InChI is InChI=1S/C13H10BrFN2O2/c1-7-9(5-6-11(14)16-7)17-13(19)12-8(15)3-2-4-10(12)18/h2-6,18H,1H3,(H,17,19). The van der Waals surface area contributed by atoms with Crippen LogP contribution in [0.15, 0.2) is 34.9 Å². The second kappa shape index (κ2) is 5.36. The zero-order valence-electron chi connectivity index (χ0n) is 9.95. The van der Waals surface area contributed by atoms with Crippen LogP contribution in [0.4, 0.5) is 10.1 Å². The number of phenolic OH excluding ortho intramolecular Hbond substituents is 1. The molecule has 1 heterocycles. The molecule has 0 aliphatic rings. The number of hydrogen-bond acceptors (Lipinski definition) is 3. The van der Waals surface area contributed by atoms with Gasteiger partial charge in [-0.15, -0.1) is 0 Å². The highest BCUT2D eigenvalue weighted by Crippen LogP contribution is 2.22. The van der Waals surface area contributed by atoms with Gasteiger partial charge in [-0.2, -0.15) is 0 Å². The topological polar surface area (TPSA) is 62.2 Å². The number of pyridine rings is 1. The van der Waals surface area contributed by atoms with E-state index in [2.05, 4.69) is 26.2 Å². The molecule has 0 fully saturated rings. The largest absolute Gasteiger partial charge is 0.507 e. The van der Waals surface area contributed by atoms with E-state index in [9.17, 15) is 14.3 Å². The molecule has 0 bridgehead atoms. The van der Waals surface area contributed by atoms with Gasteiger partial charge in [0.25, 0.3) is 5.91 Å². The van der Waals surface area contributed by atoms with Gasteiger partial charge in [-0.25, -0.2) is 9.37 Å². The van der Waals surface area contributed by atoms with Crippen LogP contribution in [0.1, 0.15) is 16.1 Å². The fraction of sp³-hybridized carbons (Fsp3) is 0.0769. The number of carbonyl (C=O) groups excluding carboxylic acids is 1. The van der Waals surface area contributed by atoms with Crippen molar-refractivity contribution in [3.05, 3.63) is 52.0 Å². The predicted octanol–water partition coefficient (Wildman–Crippen LogP) is 3.25. The molecule has 6 heteroatoms. The summed E-state index contributed by atoms with van der Waals surface area (Å²) in [6, 6.07) is 6.99. The first-order valence-electron chi connectivity index (χ1n) is 5.41. The average molecular weight is 325 g/mol. The maximum atomic E-state index is 13.5. The lowest BCUT2D eigenvalue weighted by atomic mass is 10.1. The lowest BCUT2D eigenvalue weighted by Crippen LogP contribution is -2.15. The van der Waals surface area contributed by atoms with E-state index in [1.807, 2.05) is 0 Å². The van der Waals surface area contributed by atoms with Crippen LogP contribution < -0.4 is 5.32 Å². The van der Waals surface area contributed by atoms with Crippen molar-refractivity contribution in [3.63, 3.8) is 0 Å². The minimum absolute atomic E-state index is 0.384. The third-order valence-corrected chi connectivity index (χ3v) is 2.96. The number of rotatable bonds is 2. The van der Waals surface area contributed by atoms with Gasteiger partial charge in [-0.3, -0.25) is 4.79 Å². The van der Waals surface area contributed by atoms with E-state index in [0.29, 0.717) is 16.0 Å². The molecule has 0 aliphatic heterocycles. The number of hydrogen-bond donors (Lipinski definition) is 2. The Morgan fingerprint density at radius 1 is 1.37 bits per heavy atom. The van der Waals surface area contributed by atoms with Crippen molar-refractivity contribution < 1.29 is 14.3 Å². The Bertz CT molecular complexity index is 626. The molecule has 1 amide bonds. The van der Waals surface area contributed by atoms with E-state index in [0.717, 1.165) is 6.07 Å². The molecule has 2 aromatic rings. The number of nitrogens with one attached hydrogen (secondary N) is 1. The van der Waals surface area contributed by atoms with Crippen LogP contribution in [0, 0.1) is 12.7 Å². The van der Waals surface area contributed by atoms with Crippen LogP contribution in [0.25, 0.3) is 0 Å². The van der Waals surface area contributed by atoms with Crippen LogP contribution >= 0.6 is 15.9 Å². The van der Waals surface area contributed by atoms with Crippen LogP contribution in [0.3, 0.4) is 0 Å². The lowest BCUT2D eigenvalue weighted by Gasteiger charge is -2.09. The molecule has 19 heavy (non-hydrogen) atoms. The maximum absolute atomic E-state index is 13.5. The van der Waals surface area contributed by atoms with Gasteiger partial charge >= 0.3 is 0 Å². The molecular weight excluding hydrogens is 315 g/mol. The Hall–Kier alpha value is -1.95. The van der Waals surface area contributed by atoms with E-state index < -0.39 is 17.5 Å². The molecule has 2 N–H and O–H groups in total. The maximum Gasteiger partial charge on any atom is 0.262 e. The molecule has 4 nitrogen and oxygen atoms in total. The van der Waals surface area contributed by atoms with Crippen LogP contribution in [0.5, 0.6) is 5.75 Å². The van der Waals surface area contributed by atoms with Crippen LogP contribution in [-0.4, -0.2) is 16.0 Å². The third kappa shape index (κ3) is 2.90. The van der Waals surface area contributed by atoms with Crippen molar-refractivity contribution in [3.8, 4) is 5.75 Å². The monoisotopic (exact) mass is 324 g/mol. The summed E-state index contributed by atoms with van der Waals surface area (Å²) in [5.74, 6) is -1.90. The van der Waals surface area contributed by atoms with Gasteiger partial charge in [-0.1, -0.05) is 6.07 Å². The number of aryl methyl sites for hydroxylation is 1. The van der Waals surface area contributed by atoms with Crippen molar-refractivity contribution in [2.45, 2.75) is 6.92 Å². The quantitative estimate of drug-likeness (QED) is 0.833. The summed E-state index contributed by atoms with van der Waals surface area (Å²) in [4.78, 5) is 16.1.